The number of aliphatic hydroxyl groups excluding tert-OH is 1. The van der Waals surface area contributed by atoms with Crippen LogP contribution in [0.1, 0.15) is 11.1 Å². The standard InChI is InChI=1S/C22H26N2O8/c1-29-13-11-17(31-3)14(18(12-13)32-4)9-10-19(25)24-20(26)22(23,21(27)28)15-7-5-6-8-16(15)30-2/h5-12,20,26H,23H2,1-4H3,(H,24,25)(H,27,28)/b10-9+. The molecule has 0 fully saturated rings. The molecule has 10 nitrogen and oxygen atoms in total. The predicted octanol–water partition coefficient (Wildman–Crippen LogP) is 1.11. The van der Waals surface area contributed by atoms with Crippen molar-refractivity contribution in [1.82, 2.24) is 5.32 Å². The zero-order valence-electron chi connectivity index (χ0n) is 18.1. The van der Waals surface area contributed by atoms with Crippen LogP contribution in [0.2, 0.25) is 0 Å². The van der Waals surface area contributed by atoms with Gasteiger partial charge < -0.3 is 40.2 Å². The Balaban J connectivity index is 2.32. The maximum Gasteiger partial charge on any atom is 0.333 e. The van der Waals surface area contributed by atoms with E-state index in [0.29, 0.717) is 22.8 Å². The van der Waals surface area contributed by atoms with Crippen LogP contribution in [0, 0.1) is 0 Å². The molecule has 0 aliphatic rings. The fourth-order valence-electron chi connectivity index (χ4n) is 3.02. The number of aliphatic carboxylic acids is 1. The molecule has 0 saturated carbocycles. The van der Waals surface area contributed by atoms with Gasteiger partial charge in [-0.25, -0.2) is 4.79 Å². The summed E-state index contributed by atoms with van der Waals surface area (Å²) in [6, 6.07) is 9.26. The highest BCUT2D eigenvalue weighted by Gasteiger charge is 2.46. The van der Waals surface area contributed by atoms with E-state index in [9.17, 15) is 19.8 Å². The number of nitrogens with two attached hydrogens (primary N) is 1. The quantitative estimate of drug-likeness (QED) is 0.311. The van der Waals surface area contributed by atoms with E-state index in [2.05, 4.69) is 5.32 Å². The minimum atomic E-state index is -2.37. The van der Waals surface area contributed by atoms with Gasteiger partial charge >= 0.3 is 5.97 Å². The van der Waals surface area contributed by atoms with E-state index in [0.717, 1.165) is 6.08 Å². The number of carboxylic acid groups (broad SMARTS) is 1. The van der Waals surface area contributed by atoms with Crippen LogP contribution in [0.4, 0.5) is 0 Å². The summed E-state index contributed by atoms with van der Waals surface area (Å²) in [5, 5.41) is 22.5. The molecular weight excluding hydrogens is 420 g/mol. The normalized spacial score (nSPS) is 13.7. The lowest BCUT2D eigenvalue weighted by Crippen LogP contribution is -2.60. The van der Waals surface area contributed by atoms with Gasteiger partial charge in [-0.1, -0.05) is 18.2 Å². The Labute approximate surface area is 185 Å². The van der Waals surface area contributed by atoms with Gasteiger partial charge in [-0.2, -0.15) is 0 Å². The molecular formula is C22H26N2O8. The number of methoxy groups -OCH3 is 4. The first-order chi connectivity index (χ1) is 15.2. The molecule has 10 heteroatoms. The van der Waals surface area contributed by atoms with Crippen LogP contribution in [-0.4, -0.2) is 56.8 Å². The Morgan fingerprint density at radius 2 is 1.56 bits per heavy atom. The second-order valence-corrected chi connectivity index (χ2v) is 6.56. The number of carboxylic acids is 1. The Kier molecular flexibility index (Phi) is 8.05. The Hall–Kier alpha value is -3.76. The zero-order chi connectivity index (χ0) is 23.9. The van der Waals surface area contributed by atoms with Gasteiger partial charge in [0.05, 0.1) is 34.0 Å². The summed E-state index contributed by atoms with van der Waals surface area (Å²) in [5.74, 6) is -0.978. The van der Waals surface area contributed by atoms with Crippen LogP contribution in [-0.2, 0) is 15.1 Å². The van der Waals surface area contributed by atoms with Crippen LogP contribution in [0.25, 0.3) is 6.08 Å². The highest BCUT2D eigenvalue weighted by molar-refractivity contribution is 5.94. The van der Waals surface area contributed by atoms with Gasteiger partial charge in [0, 0.05) is 23.8 Å². The molecule has 0 aromatic heterocycles. The zero-order valence-corrected chi connectivity index (χ0v) is 18.1. The van der Waals surface area contributed by atoms with Gasteiger partial charge in [0.25, 0.3) is 0 Å². The third-order valence-electron chi connectivity index (χ3n) is 4.77. The number of hydrogen-bond acceptors (Lipinski definition) is 8. The van der Waals surface area contributed by atoms with Crippen molar-refractivity contribution in [3.05, 3.63) is 53.6 Å². The third-order valence-corrected chi connectivity index (χ3v) is 4.77. The lowest BCUT2D eigenvalue weighted by atomic mass is 9.88. The lowest BCUT2D eigenvalue weighted by molar-refractivity contribution is -0.150. The minimum Gasteiger partial charge on any atom is -0.496 e. The third kappa shape index (κ3) is 4.93. The average molecular weight is 446 g/mol. The van der Waals surface area contributed by atoms with Crippen molar-refractivity contribution in [3.8, 4) is 23.0 Å². The summed E-state index contributed by atoms with van der Waals surface area (Å²) in [6.07, 6.45) is 0.495. The monoisotopic (exact) mass is 446 g/mol. The van der Waals surface area contributed by atoms with Gasteiger partial charge in [-0.05, 0) is 12.1 Å². The van der Waals surface area contributed by atoms with E-state index in [1.807, 2.05) is 0 Å². The topological polar surface area (TPSA) is 150 Å². The summed E-state index contributed by atoms with van der Waals surface area (Å²) in [7, 11) is 5.71. The summed E-state index contributed by atoms with van der Waals surface area (Å²) in [4.78, 5) is 24.4. The van der Waals surface area contributed by atoms with E-state index >= 15 is 0 Å². The first-order valence-corrected chi connectivity index (χ1v) is 9.35. The SMILES string of the molecule is COc1cc(OC)c(/C=C/C(=O)NC(O)C(N)(C(=O)O)c2ccccc2OC)c(OC)c1. The van der Waals surface area contributed by atoms with Gasteiger partial charge in [0.1, 0.15) is 23.0 Å². The van der Waals surface area contributed by atoms with Crippen molar-refractivity contribution in [2.75, 3.05) is 28.4 Å². The Morgan fingerprint density at radius 1 is 1.00 bits per heavy atom. The summed E-state index contributed by atoms with van der Waals surface area (Å²) < 4.78 is 20.9. The van der Waals surface area contributed by atoms with Crippen molar-refractivity contribution in [2.45, 2.75) is 11.8 Å². The molecule has 2 aromatic carbocycles. The summed E-state index contributed by atoms with van der Waals surface area (Å²) in [5.41, 5.74) is 4.09. The predicted molar refractivity (Wildman–Crippen MR) is 116 cm³/mol. The summed E-state index contributed by atoms with van der Waals surface area (Å²) >= 11 is 0. The van der Waals surface area contributed by atoms with Crippen LogP contribution < -0.4 is 30.0 Å². The number of ether oxygens (including phenoxy) is 4. The van der Waals surface area contributed by atoms with Crippen molar-refractivity contribution in [1.29, 1.82) is 0 Å². The molecule has 32 heavy (non-hydrogen) atoms. The highest BCUT2D eigenvalue weighted by Crippen LogP contribution is 2.35. The van der Waals surface area contributed by atoms with Gasteiger partial charge in [-0.15, -0.1) is 0 Å². The Morgan fingerprint density at radius 3 is 2.06 bits per heavy atom. The number of nitrogens with one attached hydrogen (secondary N) is 1. The first kappa shape index (κ1) is 24.5. The number of benzene rings is 2. The molecule has 0 spiro atoms. The molecule has 0 heterocycles. The number of carbonyl (C=O) groups is 2. The van der Waals surface area contributed by atoms with Crippen molar-refractivity contribution in [2.24, 2.45) is 5.73 Å². The van der Waals surface area contributed by atoms with E-state index in [1.54, 1.807) is 24.3 Å². The van der Waals surface area contributed by atoms with Crippen LogP contribution in [0.15, 0.2) is 42.5 Å². The van der Waals surface area contributed by atoms with Gasteiger partial charge in [0.2, 0.25) is 5.91 Å². The fourth-order valence-corrected chi connectivity index (χ4v) is 3.02. The molecule has 0 aliphatic heterocycles. The smallest absolute Gasteiger partial charge is 0.333 e. The van der Waals surface area contributed by atoms with Crippen LogP contribution in [0.3, 0.4) is 0 Å². The highest BCUT2D eigenvalue weighted by atomic mass is 16.5. The van der Waals surface area contributed by atoms with E-state index in [-0.39, 0.29) is 11.3 Å². The van der Waals surface area contributed by atoms with E-state index in [1.165, 1.54) is 46.6 Å². The van der Waals surface area contributed by atoms with E-state index in [4.69, 9.17) is 24.7 Å². The number of amides is 1. The molecule has 0 radical (unpaired) electrons. The van der Waals surface area contributed by atoms with Crippen molar-refractivity contribution < 1.29 is 38.7 Å². The maximum atomic E-state index is 12.5. The van der Waals surface area contributed by atoms with Crippen molar-refractivity contribution >= 4 is 18.0 Å². The molecule has 172 valence electrons. The van der Waals surface area contributed by atoms with Crippen molar-refractivity contribution in [3.63, 3.8) is 0 Å². The minimum absolute atomic E-state index is 0.00901. The molecule has 5 N–H and O–H groups in total. The van der Waals surface area contributed by atoms with Crippen LogP contribution >= 0.6 is 0 Å². The second kappa shape index (κ2) is 10.5. The number of rotatable bonds is 10. The first-order valence-electron chi connectivity index (χ1n) is 9.35. The van der Waals surface area contributed by atoms with Crippen LogP contribution in [0.5, 0.6) is 23.0 Å². The Bertz CT molecular complexity index is 982. The molecule has 0 bridgehead atoms. The van der Waals surface area contributed by atoms with Gasteiger partial charge in [0.15, 0.2) is 11.8 Å². The number of aliphatic hydroxyl groups is 1. The lowest BCUT2D eigenvalue weighted by Gasteiger charge is -2.31. The van der Waals surface area contributed by atoms with Gasteiger partial charge in [-0.3, -0.25) is 4.79 Å². The van der Waals surface area contributed by atoms with E-state index < -0.39 is 23.6 Å². The molecule has 2 atom stereocenters. The second-order valence-electron chi connectivity index (χ2n) is 6.56. The summed E-state index contributed by atoms with van der Waals surface area (Å²) in [6.45, 7) is 0. The number of para-hydroxylation sites is 1. The number of hydrogen-bond donors (Lipinski definition) is 4. The largest absolute Gasteiger partial charge is 0.496 e. The molecule has 2 rings (SSSR count). The molecule has 0 saturated heterocycles. The maximum absolute atomic E-state index is 12.5. The molecule has 0 aliphatic carbocycles. The molecule has 1 amide bonds. The average Bonchev–Trinajstić information content (AvgIpc) is 2.81. The fraction of sp³-hybridized carbons (Fsp3) is 0.273. The molecule has 2 aromatic rings. The number of carbonyl (C=O) groups excluding carboxylic acids is 1. The molecule has 2 unspecified atom stereocenters.